The molecule has 0 bridgehead atoms. The highest BCUT2D eigenvalue weighted by Gasteiger charge is 2.47. The molecule has 2 aromatic carbocycles. The van der Waals surface area contributed by atoms with Crippen LogP contribution in [-0.2, 0) is 23.1 Å². The number of amides is 1. The number of aromatic nitrogens is 2. The monoisotopic (exact) mass is 589 g/mol. The molecule has 0 atom stereocenters. The van der Waals surface area contributed by atoms with Crippen molar-refractivity contribution in [2.75, 3.05) is 26.2 Å². The zero-order valence-electron chi connectivity index (χ0n) is 26.3. The van der Waals surface area contributed by atoms with Crippen LogP contribution in [0.4, 0.5) is 0 Å². The second-order valence-electron chi connectivity index (χ2n) is 11.8. The molecule has 1 saturated carbocycles. The standard InChI is InChI=1S/C36H43N7O/c1-5-43(6-2)34(44)36(14-7-15-36)29-8-9-32-31(23-29)30(33(42-32)28-21-25(3)20-26(4)22-28)13-19-40-35(41-24-37)39-18-12-27-10-16-38-17-11-27/h8-11,16-17,20-23,42H,5-7,12-15,18-19H2,1-4H3,(H2,39,40,41). The number of aliphatic imine (C=N–C) groups is 1. The Balaban J connectivity index is 1.48. The topological polar surface area (TPSA) is 109 Å². The third kappa shape index (κ3) is 6.47. The number of carbonyl (C=O) groups is 1. The molecule has 1 fully saturated rings. The Morgan fingerprint density at radius 2 is 1.77 bits per heavy atom. The molecule has 2 aromatic heterocycles. The molecule has 5 rings (SSSR count). The number of nitriles is 1. The number of rotatable bonds is 11. The van der Waals surface area contributed by atoms with Crippen molar-refractivity contribution in [3.8, 4) is 17.5 Å². The maximum absolute atomic E-state index is 13.8. The van der Waals surface area contributed by atoms with E-state index in [1.54, 1.807) is 12.4 Å². The Labute approximate surface area is 260 Å². The zero-order valence-corrected chi connectivity index (χ0v) is 26.3. The van der Waals surface area contributed by atoms with Crippen molar-refractivity contribution < 1.29 is 4.79 Å². The SMILES string of the molecule is CCN(CC)C(=O)C1(c2ccc3[nH]c(-c4cc(C)cc(C)c4)c(CCN=C(NC#N)NCCc4ccncc4)c3c2)CCC1. The lowest BCUT2D eigenvalue weighted by atomic mass is 9.63. The molecule has 4 aromatic rings. The average Bonchev–Trinajstić information content (AvgIpc) is 3.35. The van der Waals surface area contributed by atoms with Gasteiger partial charge in [0.05, 0.1) is 5.41 Å². The number of hydrogen-bond acceptors (Lipinski definition) is 4. The van der Waals surface area contributed by atoms with Gasteiger partial charge in [0.2, 0.25) is 11.9 Å². The van der Waals surface area contributed by atoms with E-state index in [-0.39, 0.29) is 5.91 Å². The van der Waals surface area contributed by atoms with Gasteiger partial charge in [0, 0.05) is 55.2 Å². The van der Waals surface area contributed by atoms with E-state index in [9.17, 15) is 10.1 Å². The van der Waals surface area contributed by atoms with Gasteiger partial charge >= 0.3 is 0 Å². The van der Waals surface area contributed by atoms with Crippen molar-refractivity contribution in [2.45, 2.75) is 65.2 Å². The van der Waals surface area contributed by atoms with Crippen LogP contribution in [0.5, 0.6) is 0 Å². The number of benzene rings is 2. The number of nitrogens with zero attached hydrogens (tertiary/aromatic N) is 4. The number of likely N-dealkylation sites (N-methyl/N-ethyl adjacent to an activating group) is 1. The first-order chi connectivity index (χ1) is 21.4. The van der Waals surface area contributed by atoms with Crippen LogP contribution >= 0.6 is 0 Å². The first-order valence-electron chi connectivity index (χ1n) is 15.7. The molecule has 44 heavy (non-hydrogen) atoms. The second kappa shape index (κ2) is 13.8. The van der Waals surface area contributed by atoms with E-state index >= 15 is 0 Å². The fraction of sp³-hybridized carbons (Fsp3) is 0.389. The van der Waals surface area contributed by atoms with E-state index < -0.39 is 5.41 Å². The van der Waals surface area contributed by atoms with Gasteiger partial charge in [-0.2, -0.15) is 5.26 Å². The molecule has 228 valence electrons. The molecule has 1 aliphatic carbocycles. The van der Waals surface area contributed by atoms with Crippen LogP contribution in [0.2, 0.25) is 0 Å². The molecule has 2 heterocycles. The Bertz CT molecular complexity index is 1650. The highest BCUT2D eigenvalue weighted by Crippen LogP contribution is 2.46. The molecule has 8 heteroatoms. The second-order valence-corrected chi connectivity index (χ2v) is 11.8. The van der Waals surface area contributed by atoms with Crippen LogP contribution < -0.4 is 10.6 Å². The predicted molar refractivity (Wildman–Crippen MR) is 177 cm³/mol. The van der Waals surface area contributed by atoms with Gasteiger partial charge in [0.25, 0.3) is 0 Å². The van der Waals surface area contributed by atoms with Crippen molar-refractivity contribution in [2.24, 2.45) is 4.99 Å². The summed E-state index contributed by atoms with van der Waals surface area (Å²) in [5.74, 6) is 0.711. The van der Waals surface area contributed by atoms with Crippen molar-refractivity contribution >= 4 is 22.8 Å². The van der Waals surface area contributed by atoms with Crippen molar-refractivity contribution in [1.29, 1.82) is 5.26 Å². The van der Waals surface area contributed by atoms with Crippen LogP contribution in [0.15, 0.2) is 65.9 Å². The van der Waals surface area contributed by atoms with Crippen molar-refractivity contribution in [3.63, 3.8) is 0 Å². The first kappa shape index (κ1) is 30.8. The molecule has 1 amide bonds. The van der Waals surface area contributed by atoms with Crippen molar-refractivity contribution in [1.82, 2.24) is 25.5 Å². The maximum atomic E-state index is 13.8. The number of aryl methyl sites for hydroxylation is 2. The fourth-order valence-corrected chi connectivity index (χ4v) is 6.49. The first-order valence-corrected chi connectivity index (χ1v) is 15.7. The number of aromatic amines is 1. The van der Waals surface area contributed by atoms with Gasteiger partial charge in [0.1, 0.15) is 0 Å². The number of fused-ring (bicyclic) bond motifs is 1. The van der Waals surface area contributed by atoms with Crippen molar-refractivity contribution in [3.05, 3.63) is 88.7 Å². The van der Waals surface area contributed by atoms with Gasteiger partial charge in [0.15, 0.2) is 6.19 Å². The maximum Gasteiger partial charge on any atom is 0.233 e. The average molecular weight is 590 g/mol. The third-order valence-corrected chi connectivity index (χ3v) is 8.90. The summed E-state index contributed by atoms with van der Waals surface area (Å²) in [4.78, 5) is 28.3. The summed E-state index contributed by atoms with van der Waals surface area (Å²) in [6, 6.07) is 17.1. The molecule has 8 nitrogen and oxygen atoms in total. The highest BCUT2D eigenvalue weighted by molar-refractivity contribution is 5.95. The Morgan fingerprint density at radius 1 is 1.05 bits per heavy atom. The summed E-state index contributed by atoms with van der Waals surface area (Å²) in [5, 5.41) is 16.5. The minimum absolute atomic E-state index is 0.245. The number of pyridine rings is 1. The summed E-state index contributed by atoms with van der Waals surface area (Å²) in [6.45, 7) is 10.9. The Kier molecular flexibility index (Phi) is 9.64. The molecular formula is C36H43N7O. The molecule has 0 aliphatic heterocycles. The molecule has 0 spiro atoms. The number of H-pyrrole nitrogens is 1. The Hall–Kier alpha value is -4.64. The third-order valence-electron chi connectivity index (χ3n) is 8.90. The number of hydrogen-bond donors (Lipinski definition) is 3. The minimum atomic E-state index is -0.449. The van der Waals surface area contributed by atoms with Gasteiger partial charge in [-0.3, -0.25) is 20.1 Å². The normalized spacial score (nSPS) is 14.1. The molecule has 0 saturated heterocycles. The van der Waals surface area contributed by atoms with Crippen LogP contribution in [0.1, 0.15) is 60.9 Å². The smallest absolute Gasteiger partial charge is 0.233 e. The van der Waals surface area contributed by atoms with E-state index in [1.165, 1.54) is 22.3 Å². The zero-order chi connectivity index (χ0) is 31.1. The highest BCUT2D eigenvalue weighted by atomic mass is 16.2. The summed E-state index contributed by atoms with van der Waals surface area (Å²) in [5.41, 5.74) is 8.69. The summed E-state index contributed by atoms with van der Waals surface area (Å²) >= 11 is 0. The molecule has 3 N–H and O–H groups in total. The van der Waals surface area contributed by atoms with E-state index in [4.69, 9.17) is 4.99 Å². The van der Waals surface area contributed by atoms with Gasteiger partial charge in [-0.15, -0.1) is 0 Å². The predicted octanol–water partition coefficient (Wildman–Crippen LogP) is 5.94. The van der Waals surface area contributed by atoms with Crippen LogP contribution in [-0.4, -0.2) is 52.9 Å². The van der Waals surface area contributed by atoms with Crippen LogP contribution in [0.3, 0.4) is 0 Å². The minimum Gasteiger partial charge on any atom is -0.355 e. The van der Waals surface area contributed by atoms with Gasteiger partial charge in [-0.05, 0) is 112 Å². The van der Waals surface area contributed by atoms with Gasteiger partial charge < -0.3 is 15.2 Å². The Morgan fingerprint density at radius 3 is 2.41 bits per heavy atom. The summed E-state index contributed by atoms with van der Waals surface area (Å²) in [6.07, 6.45) is 9.88. The molecule has 0 unspecified atom stereocenters. The molecule has 0 radical (unpaired) electrons. The van der Waals surface area contributed by atoms with Crippen LogP contribution in [0, 0.1) is 25.3 Å². The lowest BCUT2D eigenvalue weighted by Crippen LogP contribution is -2.51. The number of nitrogens with one attached hydrogen (secondary N) is 3. The fourth-order valence-electron chi connectivity index (χ4n) is 6.49. The van der Waals surface area contributed by atoms with Crippen LogP contribution in [0.25, 0.3) is 22.2 Å². The number of carbonyl (C=O) groups excluding carboxylic acids is 1. The summed E-state index contributed by atoms with van der Waals surface area (Å²) < 4.78 is 0. The van der Waals surface area contributed by atoms with Gasteiger partial charge in [-0.25, -0.2) is 0 Å². The van der Waals surface area contributed by atoms with Gasteiger partial charge in [-0.1, -0.05) is 29.7 Å². The van der Waals surface area contributed by atoms with E-state index in [0.29, 0.717) is 25.5 Å². The lowest BCUT2D eigenvalue weighted by Gasteiger charge is -2.43. The van der Waals surface area contributed by atoms with E-state index in [0.717, 1.165) is 66.5 Å². The van der Waals surface area contributed by atoms with E-state index in [1.807, 2.05) is 23.2 Å². The molecular weight excluding hydrogens is 546 g/mol. The summed E-state index contributed by atoms with van der Waals surface area (Å²) in [7, 11) is 0. The molecule has 1 aliphatic rings. The van der Waals surface area contributed by atoms with E-state index in [2.05, 4.69) is 84.7 Å². The quantitative estimate of drug-likeness (QED) is 0.0869. The number of guanidine groups is 1. The largest absolute Gasteiger partial charge is 0.355 e. The lowest BCUT2D eigenvalue weighted by molar-refractivity contribution is -0.140.